The van der Waals surface area contributed by atoms with Crippen LogP contribution >= 0.6 is 0 Å². The molecule has 0 aliphatic carbocycles. The Morgan fingerprint density at radius 2 is 1.62 bits per heavy atom. The topological polar surface area (TPSA) is 92.7 Å². The van der Waals surface area contributed by atoms with Gasteiger partial charge >= 0.3 is 5.97 Å². The van der Waals surface area contributed by atoms with Gasteiger partial charge in [-0.05, 0) is 30.8 Å². The molecule has 0 aliphatic rings. The summed E-state index contributed by atoms with van der Waals surface area (Å²) in [6.07, 6.45) is 4.19. The number of hydrogen-bond acceptors (Lipinski definition) is 6. The Bertz CT molecular complexity index is 511. The Morgan fingerprint density at radius 1 is 1.24 bits per heavy atom. The minimum Gasteiger partial charge on any atom is -0.726 e. The van der Waals surface area contributed by atoms with Crippen molar-refractivity contribution in [3.63, 3.8) is 0 Å². The third kappa shape index (κ3) is 16.6. The fourth-order valence-corrected chi connectivity index (χ4v) is 0.683. The summed E-state index contributed by atoms with van der Waals surface area (Å²) in [5.74, 6) is 0.159. The molecular weight excluding hydrogens is 316 g/mol. The van der Waals surface area contributed by atoms with E-state index in [1.807, 2.05) is 6.07 Å². The monoisotopic (exact) mass is 336 g/mol. The van der Waals surface area contributed by atoms with Crippen LogP contribution in [0, 0.1) is 0 Å². The van der Waals surface area contributed by atoms with Crippen LogP contribution in [0.25, 0.3) is 0 Å². The smallest absolute Gasteiger partial charge is 0.338 e. The lowest BCUT2D eigenvalue weighted by Gasteiger charge is -2.01. The van der Waals surface area contributed by atoms with Crippen LogP contribution in [-0.4, -0.2) is 38.6 Å². The SMILES string of the molecule is C=C(C)C(=O)Oc1ccccc1.COS(=O)(=O)[O-].C[SH+]C. The Labute approximate surface area is 130 Å². The molecule has 1 aromatic rings. The highest BCUT2D eigenvalue weighted by Gasteiger charge is 2.03. The first-order valence-corrected chi connectivity index (χ1v) is 8.72. The minimum atomic E-state index is -4.41. The van der Waals surface area contributed by atoms with Crippen LogP contribution < -0.4 is 4.74 Å². The molecule has 0 fully saturated rings. The van der Waals surface area contributed by atoms with Crippen molar-refractivity contribution in [1.29, 1.82) is 0 Å². The normalized spacial score (nSPS) is 9.38. The van der Waals surface area contributed by atoms with Gasteiger partial charge in [0.25, 0.3) is 0 Å². The zero-order valence-electron chi connectivity index (χ0n) is 12.4. The zero-order valence-corrected chi connectivity index (χ0v) is 14.1. The van der Waals surface area contributed by atoms with Crippen LogP contribution in [0.1, 0.15) is 6.92 Å². The van der Waals surface area contributed by atoms with Crippen molar-refractivity contribution in [1.82, 2.24) is 0 Å². The van der Waals surface area contributed by atoms with Crippen molar-refractivity contribution in [3.05, 3.63) is 42.5 Å². The fraction of sp³-hybridized carbons (Fsp3) is 0.308. The van der Waals surface area contributed by atoms with Crippen molar-refractivity contribution < 1.29 is 26.7 Å². The predicted molar refractivity (Wildman–Crippen MR) is 84.2 cm³/mol. The van der Waals surface area contributed by atoms with Gasteiger partial charge in [-0.2, -0.15) is 0 Å². The zero-order chi connectivity index (χ0) is 16.9. The Balaban J connectivity index is 0. The maximum atomic E-state index is 11.0. The van der Waals surface area contributed by atoms with Gasteiger partial charge in [0.05, 0.1) is 19.6 Å². The molecule has 0 aliphatic heterocycles. The van der Waals surface area contributed by atoms with Crippen molar-refractivity contribution in [2.45, 2.75) is 6.92 Å². The Morgan fingerprint density at radius 3 is 1.90 bits per heavy atom. The molecule has 0 heterocycles. The fourth-order valence-electron chi connectivity index (χ4n) is 0.683. The maximum absolute atomic E-state index is 11.0. The van der Waals surface area contributed by atoms with E-state index in [1.54, 1.807) is 31.2 Å². The van der Waals surface area contributed by atoms with Gasteiger partial charge in [0, 0.05) is 5.57 Å². The first-order chi connectivity index (χ1) is 9.67. The number of para-hydroxylation sites is 1. The van der Waals surface area contributed by atoms with Gasteiger partial charge < -0.3 is 9.29 Å². The molecule has 6 nitrogen and oxygen atoms in total. The highest BCUT2D eigenvalue weighted by Crippen LogP contribution is 2.09. The third-order valence-corrected chi connectivity index (χ3v) is 1.91. The van der Waals surface area contributed by atoms with E-state index in [9.17, 15) is 17.8 Å². The standard InChI is InChI=1S/C10H10O2.C2H6S.CH4O4S/c1-8(2)10(11)12-9-6-4-3-5-7-9;1-3-2;1-5-6(2,3)4/h3-7H,1H2,2H3;1-2H3;1H3,(H,2,3,4). The molecular formula is C13H20O6S2. The van der Waals surface area contributed by atoms with Crippen molar-refractivity contribution in [2.75, 3.05) is 19.6 Å². The van der Waals surface area contributed by atoms with E-state index in [0.717, 1.165) is 7.11 Å². The van der Waals surface area contributed by atoms with Crippen LogP contribution in [-0.2, 0) is 31.1 Å². The van der Waals surface area contributed by atoms with Gasteiger partial charge in [-0.25, -0.2) is 13.2 Å². The average Bonchev–Trinajstić information content (AvgIpc) is 2.40. The number of esters is 1. The van der Waals surface area contributed by atoms with E-state index < -0.39 is 10.4 Å². The molecule has 0 saturated carbocycles. The number of carbonyl (C=O) groups is 1. The van der Waals surface area contributed by atoms with Crippen LogP contribution in [0.3, 0.4) is 0 Å². The highest BCUT2D eigenvalue weighted by atomic mass is 32.3. The third-order valence-electron chi connectivity index (χ3n) is 1.51. The van der Waals surface area contributed by atoms with E-state index in [2.05, 4.69) is 23.3 Å². The summed E-state index contributed by atoms with van der Waals surface area (Å²) in [6, 6.07) is 8.92. The molecule has 0 N–H and O–H groups in total. The van der Waals surface area contributed by atoms with Gasteiger partial charge in [-0.15, -0.1) is 0 Å². The lowest BCUT2D eigenvalue weighted by atomic mass is 10.3. The van der Waals surface area contributed by atoms with E-state index in [-0.39, 0.29) is 5.97 Å². The number of rotatable bonds is 3. The van der Waals surface area contributed by atoms with Crippen LogP contribution in [0.4, 0.5) is 0 Å². The second-order valence-electron chi connectivity index (χ2n) is 3.51. The van der Waals surface area contributed by atoms with Gasteiger partial charge in [-0.3, -0.25) is 4.18 Å². The summed E-state index contributed by atoms with van der Waals surface area (Å²) in [5.41, 5.74) is 0.402. The van der Waals surface area contributed by atoms with E-state index in [4.69, 9.17) is 4.74 Å². The number of carbonyl (C=O) groups excluding carboxylic acids is 1. The van der Waals surface area contributed by atoms with E-state index in [1.165, 1.54) is 11.8 Å². The number of ether oxygens (including phenoxy) is 1. The lowest BCUT2D eigenvalue weighted by molar-refractivity contribution is -0.130. The van der Waals surface area contributed by atoms with Crippen LogP contribution in [0.15, 0.2) is 42.5 Å². The molecule has 21 heavy (non-hydrogen) atoms. The number of thiol groups is 1. The largest absolute Gasteiger partial charge is 0.726 e. The summed E-state index contributed by atoms with van der Waals surface area (Å²) in [7, 11) is -3.60. The molecule has 0 amide bonds. The average molecular weight is 336 g/mol. The summed E-state index contributed by atoms with van der Waals surface area (Å²) in [6.45, 7) is 5.09. The first-order valence-electron chi connectivity index (χ1n) is 5.60. The van der Waals surface area contributed by atoms with Gasteiger partial charge in [-0.1, -0.05) is 24.8 Å². The molecule has 1 rings (SSSR count). The summed E-state index contributed by atoms with van der Waals surface area (Å²) in [5, 5.41) is 0. The minimum absolute atomic E-state index is 0.388. The molecule has 0 spiro atoms. The second kappa shape index (κ2) is 12.4. The highest BCUT2D eigenvalue weighted by molar-refractivity contribution is 7.80. The summed E-state index contributed by atoms with van der Waals surface area (Å²) < 4.78 is 36.0. The predicted octanol–water partition coefficient (Wildman–Crippen LogP) is 1.32. The Kier molecular flexibility index (Phi) is 12.9. The molecule has 0 aromatic heterocycles. The van der Waals surface area contributed by atoms with Crippen molar-refractivity contribution >= 4 is 28.1 Å². The maximum Gasteiger partial charge on any atom is 0.338 e. The van der Waals surface area contributed by atoms with Gasteiger partial charge in [0.1, 0.15) is 5.75 Å². The van der Waals surface area contributed by atoms with Crippen LogP contribution in [0.5, 0.6) is 5.75 Å². The van der Waals surface area contributed by atoms with Crippen molar-refractivity contribution in [2.24, 2.45) is 0 Å². The molecule has 0 atom stereocenters. The van der Waals surface area contributed by atoms with Crippen LogP contribution in [0.2, 0.25) is 0 Å². The molecule has 8 heteroatoms. The van der Waals surface area contributed by atoms with Crippen molar-refractivity contribution in [3.8, 4) is 5.75 Å². The molecule has 0 unspecified atom stereocenters. The second-order valence-corrected chi connectivity index (χ2v) is 5.55. The molecule has 0 saturated heterocycles. The molecule has 0 bridgehead atoms. The van der Waals surface area contributed by atoms with Gasteiger partial charge in [0.15, 0.2) is 0 Å². The Hall–Kier alpha value is -1.35. The number of benzene rings is 1. The quantitative estimate of drug-likeness (QED) is 0.157. The number of hydrogen-bond donors (Lipinski definition) is 0. The molecule has 1 aromatic carbocycles. The first kappa shape index (κ1) is 21.9. The molecule has 0 radical (unpaired) electrons. The summed E-state index contributed by atoms with van der Waals surface area (Å²) >= 11 is 1.42. The molecule has 120 valence electrons. The van der Waals surface area contributed by atoms with E-state index in [0.29, 0.717) is 11.3 Å². The van der Waals surface area contributed by atoms with Gasteiger partial charge in [0.2, 0.25) is 10.4 Å². The summed E-state index contributed by atoms with van der Waals surface area (Å²) in [4.78, 5) is 11.0. The van der Waals surface area contributed by atoms with E-state index >= 15 is 0 Å². The lowest BCUT2D eigenvalue weighted by Crippen LogP contribution is -2.07.